The van der Waals surface area contributed by atoms with Crippen LogP contribution in [0.2, 0.25) is 0 Å². The maximum atomic E-state index is 12.9. The van der Waals surface area contributed by atoms with Crippen LogP contribution in [0.15, 0.2) is 225 Å². The molecule has 2 aromatic heterocycles. The summed E-state index contributed by atoms with van der Waals surface area (Å²) in [4.78, 5) is 10.7. The maximum Gasteiger partial charge on any atom is 0.148 e. The number of aromatic nitrogens is 3. The van der Waals surface area contributed by atoms with Gasteiger partial charge in [-0.25, -0.2) is 4.98 Å². The molecule has 13 rings (SSSR count). The van der Waals surface area contributed by atoms with Gasteiger partial charge in [-0.2, -0.15) is 0 Å². The molecule has 77 heavy (non-hydrogen) atoms. The zero-order valence-corrected chi connectivity index (χ0v) is 45.3. The molecule has 4 nitrogen and oxygen atoms in total. The van der Waals surface area contributed by atoms with Crippen molar-refractivity contribution in [3.8, 4) is 101 Å². The number of phenolic OH excluding ortho intramolecular Hbond substituents is 1. The second-order valence-electron chi connectivity index (χ2n) is 20.9. The van der Waals surface area contributed by atoms with Gasteiger partial charge in [0.25, 0.3) is 0 Å². The molecule has 2 heterocycles. The van der Waals surface area contributed by atoms with Crippen LogP contribution in [0.1, 0.15) is 65.2 Å². The minimum Gasteiger partial charge on any atom is -0.507 e. The third-order valence-electron chi connectivity index (χ3n) is 15.9. The molecule has 0 atom stereocenters. The van der Waals surface area contributed by atoms with Gasteiger partial charge in [0.1, 0.15) is 11.6 Å². The Kier molecular flexibility index (Phi) is 13.8. The van der Waals surface area contributed by atoms with Crippen LogP contribution in [-0.4, -0.2) is 19.6 Å². The first-order valence-corrected chi connectivity index (χ1v) is 27.2. The summed E-state index contributed by atoms with van der Waals surface area (Å²) in [5, 5.41) is 12.9. The van der Waals surface area contributed by atoms with Crippen molar-refractivity contribution in [1.82, 2.24) is 14.5 Å². The molecule has 2 aliphatic carbocycles. The summed E-state index contributed by atoms with van der Waals surface area (Å²) < 4.78 is 20.3. The van der Waals surface area contributed by atoms with E-state index in [2.05, 4.69) is 168 Å². The van der Waals surface area contributed by atoms with E-state index in [1.165, 1.54) is 31.2 Å². The fourth-order valence-electron chi connectivity index (χ4n) is 12.0. The summed E-state index contributed by atoms with van der Waals surface area (Å²) >= 11 is 0. The summed E-state index contributed by atoms with van der Waals surface area (Å²) in [6.45, 7) is 0. The normalized spacial score (nSPS) is 14.3. The van der Waals surface area contributed by atoms with Crippen LogP contribution < -0.4 is 0 Å². The van der Waals surface area contributed by atoms with Crippen molar-refractivity contribution >= 4 is 11.0 Å². The predicted molar refractivity (Wildman–Crippen MR) is 314 cm³/mol. The molecular weight excluding hydrogens is 1120 g/mol. The number of pyridine rings is 1. The number of benzene rings is 9. The molecule has 0 bridgehead atoms. The largest absolute Gasteiger partial charge is 0.507 e. The van der Waals surface area contributed by atoms with Crippen molar-refractivity contribution in [3.63, 3.8) is 0 Å². The Morgan fingerprint density at radius 3 is 1.69 bits per heavy atom. The number of hydrogen-bond acceptors (Lipinski definition) is 3. The monoisotopic (exact) mass is 1180 g/mol. The Bertz CT molecular complexity index is 3930. The molecule has 9 aromatic carbocycles. The topological polar surface area (TPSA) is 50.9 Å². The molecule has 0 radical (unpaired) electrons. The zero-order valence-electron chi connectivity index (χ0n) is 45.0. The number of para-hydroxylation sites is 1. The number of hydrogen-bond donors (Lipinski definition) is 1. The molecule has 2 aliphatic rings. The van der Waals surface area contributed by atoms with E-state index in [0.29, 0.717) is 17.3 Å². The van der Waals surface area contributed by atoms with Crippen molar-refractivity contribution in [1.29, 1.82) is 0 Å². The molecule has 0 saturated heterocycles. The van der Waals surface area contributed by atoms with Crippen molar-refractivity contribution in [2.75, 3.05) is 0 Å². The molecule has 1 N–H and O–H groups in total. The van der Waals surface area contributed by atoms with Gasteiger partial charge in [0.05, 0.1) is 22.3 Å². The average Bonchev–Trinajstić information content (AvgIpc) is 4.53. The zero-order chi connectivity index (χ0) is 52.6. The van der Waals surface area contributed by atoms with Crippen LogP contribution in [0.5, 0.6) is 5.75 Å². The second-order valence-corrected chi connectivity index (χ2v) is 20.9. The second kappa shape index (κ2) is 22.4. The van der Waals surface area contributed by atoms with Gasteiger partial charge in [0, 0.05) is 46.8 Å². The summed E-state index contributed by atoms with van der Waals surface area (Å²) in [5.41, 5.74) is 18.7. The van der Waals surface area contributed by atoms with Gasteiger partial charge >= 0.3 is 0 Å². The van der Waals surface area contributed by atoms with Crippen LogP contribution in [-0.2, 0) is 33.9 Å². The SMILES string of the molecule is [2H]C([2H])(c1ccc(-c2ccnc(-c3[c-]c(-c4cccc5c4nc(-c4cc(-c6ccccc6)cc(-c6ccccc6)c4O)n5-c4ccc(CC5CCCC5)cc4-c4ccccc4)cc(-c4ccccc4)c3)c2)cc1)C1CCCC1.[Pt]. The standard InChI is InChI=1S/C72H60N3O.Pt/c76-71-65(57-28-11-4-12-29-57)46-60(54-24-7-2-8-25-54)47-66(71)72-74-70-63(30-17-31-69(70)75(72)68-37-34-52(41-50-20-15-16-21-50)42-64(68)56-26-9-3-10-27-56)61-43-59(53-22-5-1-6-23-53)44-62(45-61)67-48-58(38-39-73-67)55-35-32-51(33-36-55)40-49-18-13-14-19-49;/h1-12,17,22-39,42-44,46-50,76H,13-16,18-21,40-41H2;/q-1;/i40D2;. The van der Waals surface area contributed by atoms with E-state index in [4.69, 9.17) is 12.7 Å². The molecule has 380 valence electrons. The molecular formula is C72H60N3OPt-. The van der Waals surface area contributed by atoms with Crippen molar-refractivity contribution in [3.05, 3.63) is 242 Å². The number of aromatic hydroxyl groups is 1. The van der Waals surface area contributed by atoms with E-state index in [0.717, 1.165) is 132 Å². The number of fused-ring (bicyclic) bond motifs is 1. The van der Waals surface area contributed by atoms with Gasteiger partial charge < -0.3 is 5.11 Å². The van der Waals surface area contributed by atoms with Crippen LogP contribution in [0.25, 0.3) is 106 Å². The van der Waals surface area contributed by atoms with Gasteiger partial charge in [-0.1, -0.05) is 238 Å². The summed E-state index contributed by atoms with van der Waals surface area (Å²) in [6.07, 6.45) is 10.7. The quantitative estimate of drug-likeness (QED) is 0.117. The molecule has 11 aromatic rings. The Labute approximate surface area is 470 Å². The van der Waals surface area contributed by atoms with Gasteiger partial charge in [0.2, 0.25) is 0 Å². The fraction of sp³-hybridized carbons (Fsp3) is 0.167. The van der Waals surface area contributed by atoms with Crippen molar-refractivity contribution in [2.24, 2.45) is 11.8 Å². The molecule has 2 fully saturated rings. The Hall–Kier alpha value is -7.91. The van der Waals surface area contributed by atoms with Gasteiger partial charge in [-0.15, -0.1) is 23.8 Å². The van der Waals surface area contributed by atoms with Crippen LogP contribution in [0.4, 0.5) is 0 Å². The van der Waals surface area contributed by atoms with Gasteiger partial charge in [-0.3, -0.25) is 9.55 Å². The van der Waals surface area contributed by atoms with Crippen LogP contribution in [0, 0.1) is 17.9 Å². The van der Waals surface area contributed by atoms with E-state index in [9.17, 15) is 5.11 Å². The third-order valence-corrected chi connectivity index (χ3v) is 15.9. The minimum absolute atomic E-state index is 0. The smallest absolute Gasteiger partial charge is 0.148 e. The molecule has 2 saturated carbocycles. The molecule has 0 unspecified atom stereocenters. The van der Waals surface area contributed by atoms with Crippen molar-refractivity contribution < 1.29 is 28.9 Å². The molecule has 0 spiro atoms. The van der Waals surface area contributed by atoms with E-state index >= 15 is 0 Å². The van der Waals surface area contributed by atoms with E-state index < -0.39 is 6.37 Å². The average molecular weight is 1180 g/mol. The van der Waals surface area contributed by atoms with E-state index in [1.54, 1.807) is 0 Å². The molecule has 5 heteroatoms. The fourth-order valence-corrected chi connectivity index (χ4v) is 12.0. The Balaban J connectivity index is 0.00000623. The number of rotatable bonds is 13. The summed E-state index contributed by atoms with van der Waals surface area (Å²) in [6, 6.07) is 79.7. The predicted octanol–water partition coefficient (Wildman–Crippen LogP) is 18.7. The Morgan fingerprint density at radius 1 is 0.468 bits per heavy atom. The maximum absolute atomic E-state index is 12.9. The first kappa shape index (κ1) is 47.5. The third kappa shape index (κ3) is 10.4. The van der Waals surface area contributed by atoms with Crippen LogP contribution in [0.3, 0.4) is 0 Å². The first-order chi connectivity index (χ1) is 38.3. The van der Waals surface area contributed by atoms with E-state index in [-0.39, 0.29) is 32.7 Å². The van der Waals surface area contributed by atoms with Crippen molar-refractivity contribution in [2.45, 2.75) is 64.2 Å². The number of nitrogens with zero attached hydrogens (tertiary/aromatic N) is 3. The minimum atomic E-state index is -1.36. The number of imidazole rings is 1. The molecule has 0 amide bonds. The number of phenols is 1. The summed E-state index contributed by atoms with van der Waals surface area (Å²) in [7, 11) is 0. The van der Waals surface area contributed by atoms with Crippen LogP contribution >= 0.6 is 0 Å². The Morgan fingerprint density at radius 2 is 1.03 bits per heavy atom. The summed E-state index contributed by atoms with van der Waals surface area (Å²) in [5.74, 6) is 1.52. The molecule has 0 aliphatic heterocycles. The van der Waals surface area contributed by atoms with Gasteiger partial charge in [0.15, 0.2) is 0 Å². The van der Waals surface area contributed by atoms with Gasteiger partial charge in [-0.05, 0) is 111 Å². The first-order valence-electron chi connectivity index (χ1n) is 28.2. The van der Waals surface area contributed by atoms with E-state index in [1.807, 2.05) is 66.9 Å².